The zero-order valence-corrected chi connectivity index (χ0v) is 11.2. The highest BCUT2D eigenvalue weighted by Crippen LogP contribution is 2.23. The number of rotatable bonds is 3. The van der Waals surface area contributed by atoms with Gasteiger partial charge in [0.1, 0.15) is 5.56 Å². The molecule has 7 nitrogen and oxygen atoms in total. The molecule has 2 aromatic heterocycles. The Kier molecular flexibility index (Phi) is 3.20. The molecular weight excluding hydrogens is 246 g/mol. The molecule has 0 spiro atoms. The van der Waals surface area contributed by atoms with Gasteiger partial charge in [-0.05, 0) is 26.3 Å². The van der Waals surface area contributed by atoms with Crippen LogP contribution in [0.3, 0.4) is 0 Å². The van der Waals surface area contributed by atoms with Crippen molar-refractivity contribution in [2.75, 3.05) is 5.32 Å². The fraction of sp³-hybridized carbons (Fsp3) is 0.333. The summed E-state index contributed by atoms with van der Waals surface area (Å²) in [7, 11) is 1.79. The molecule has 0 fully saturated rings. The van der Waals surface area contributed by atoms with Gasteiger partial charge in [-0.1, -0.05) is 0 Å². The summed E-state index contributed by atoms with van der Waals surface area (Å²) in [6, 6.07) is 0. The third-order valence-corrected chi connectivity index (χ3v) is 2.93. The molecule has 2 N–H and O–H groups in total. The zero-order chi connectivity index (χ0) is 14.2. The summed E-state index contributed by atoms with van der Waals surface area (Å²) in [6.45, 7) is 5.28. The molecule has 0 saturated heterocycles. The monoisotopic (exact) mass is 261 g/mol. The van der Waals surface area contributed by atoms with E-state index in [1.807, 2.05) is 6.92 Å². The second-order valence-electron chi connectivity index (χ2n) is 4.37. The summed E-state index contributed by atoms with van der Waals surface area (Å²) >= 11 is 0. The van der Waals surface area contributed by atoms with Gasteiger partial charge in [-0.2, -0.15) is 10.2 Å². The molecule has 0 aromatic carbocycles. The van der Waals surface area contributed by atoms with Gasteiger partial charge in [0.05, 0.1) is 17.1 Å². The number of carbonyl (C=O) groups is 1. The average molecular weight is 261 g/mol. The molecule has 7 heteroatoms. The van der Waals surface area contributed by atoms with Crippen molar-refractivity contribution in [3.8, 4) is 0 Å². The molecule has 19 heavy (non-hydrogen) atoms. The number of aromatic nitrogens is 4. The fourth-order valence-electron chi connectivity index (χ4n) is 1.81. The minimum absolute atomic E-state index is 0.135. The molecule has 0 unspecified atom stereocenters. The number of aromatic carboxylic acids is 1. The Morgan fingerprint density at radius 1 is 1.26 bits per heavy atom. The lowest BCUT2D eigenvalue weighted by molar-refractivity contribution is 0.0696. The van der Waals surface area contributed by atoms with Crippen molar-refractivity contribution < 1.29 is 9.90 Å². The van der Waals surface area contributed by atoms with Crippen LogP contribution in [0, 0.1) is 20.8 Å². The largest absolute Gasteiger partial charge is 0.478 e. The van der Waals surface area contributed by atoms with Crippen molar-refractivity contribution in [1.29, 1.82) is 0 Å². The lowest BCUT2D eigenvalue weighted by atomic mass is 10.1. The number of carboxylic acid groups (broad SMARTS) is 1. The predicted molar refractivity (Wildman–Crippen MR) is 69.7 cm³/mol. The Morgan fingerprint density at radius 2 is 1.95 bits per heavy atom. The van der Waals surface area contributed by atoms with E-state index < -0.39 is 5.97 Å². The Balaban J connectivity index is 2.49. The van der Waals surface area contributed by atoms with Crippen LogP contribution in [0.15, 0.2) is 6.20 Å². The molecule has 0 radical (unpaired) electrons. The van der Waals surface area contributed by atoms with Crippen molar-refractivity contribution in [3.05, 3.63) is 28.7 Å². The third-order valence-electron chi connectivity index (χ3n) is 2.93. The zero-order valence-electron chi connectivity index (χ0n) is 11.2. The standard InChI is InChI=1S/C12H15N5O2/c1-6-7(2)14-15-11(10(6)12(18)19)13-9-5-17(4)16-8(9)3/h5H,1-4H3,(H,13,15)(H,18,19). The summed E-state index contributed by atoms with van der Waals surface area (Å²) in [5, 5.41) is 24.3. The molecule has 100 valence electrons. The van der Waals surface area contributed by atoms with Crippen LogP contribution in [0.1, 0.15) is 27.3 Å². The first-order valence-electron chi connectivity index (χ1n) is 5.74. The summed E-state index contributed by atoms with van der Waals surface area (Å²) in [5.41, 5.74) is 2.81. The highest BCUT2D eigenvalue weighted by atomic mass is 16.4. The molecule has 0 bridgehead atoms. The number of carboxylic acids is 1. The molecule has 0 atom stereocenters. The Hall–Kier alpha value is -2.44. The molecular formula is C12H15N5O2. The van der Waals surface area contributed by atoms with Crippen molar-refractivity contribution in [2.45, 2.75) is 20.8 Å². The molecule has 0 aliphatic carbocycles. The number of hydrogen-bond acceptors (Lipinski definition) is 5. The minimum atomic E-state index is -1.03. The topological polar surface area (TPSA) is 92.9 Å². The predicted octanol–water partition coefficient (Wildman–Crippen LogP) is 1.58. The average Bonchev–Trinajstić information content (AvgIpc) is 2.62. The number of nitrogens with zero attached hydrogens (tertiary/aromatic N) is 4. The first kappa shape index (κ1) is 13.0. The minimum Gasteiger partial charge on any atom is -0.478 e. The van der Waals surface area contributed by atoms with E-state index >= 15 is 0 Å². The molecule has 2 rings (SSSR count). The van der Waals surface area contributed by atoms with Crippen LogP contribution in [0.25, 0.3) is 0 Å². The summed E-state index contributed by atoms with van der Waals surface area (Å²) in [4.78, 5) is 11.3. The van der Waals surface area contributed by atoms with E-state index in [1.54, 1.807) is 31.8 Å². The van der Waals surface area contributed by atoms with Crippen LogP contribution in [0.5, 0.6) is 0 Å². The van der Waals surface area contributed by atoms with Gasteiger partial charge in [-0.15, -0.1) is 5.10 Å². The first-order chi connectivity index (χ1) is 8.90. The quantitative estimate of drug-likeness (QED) is 0.871. The van der Waals surface area contributed by atoms with Gasteiger partial charge >= 0.3 is 5.97 Å². The Morgan fingerprint density at radius 3 is 2.47 bits per heavy atom. The van der Waals surface area contributed by atoms with Crippen LogP contribution in [0.2, 0.25) is 0 Å². The number of nitrogens with one attached hydrogen (secondary N) is 1. The van der Waals surface area contributed by atoms with Gasteiger partial charge in [0.2, 0.25) is 0 Å². The second kappa shape index (κ2) is 4.68. The van der Waals surface area contributed by atoms with E-state index in [0.717, 1.165) is 5.69 Å². The molecule has 0 saturated carbocycles. The van der Waals surface area contributed by atoms with Crippen molar-refractivity contribution in [2.24, 2.45) is 7.05 Å². The number of anilines is 2. The maximum absolute atomic E-state index is 11.3. The number of aryl methyl sites for hydroxylation is 3. The highest BCUT2D eigenvalue weighted by molar-refractivity contribution is 5.95. The van der Waals surface area contributed by atoms with Crippen molar-refractivity contribution in [1.82, 2.24) is 20.0 Å². The van der Waals surface area contributed by atoms with E-state index in [1.165, 1.54) is 0 Å². The van der Waals surface area contributed by atoms with Crippen molar-refractivity contribution >= 4 is 17.5 Å². The molecule has 2 aromatic rings. The van der Waals surface area contributed by atoms with Gasteiger partial charge in [-0.3, -0.25) is 4.68 Å². The molecule has 0 aliphatic rings. The van der Waals surface area contributed by atoms with Gasteiger partial charge < -0.3 is 10.4 Å². The maximum Gasteiger partial charge on any atom is 0.339 e. The summed E-state index contributed by atoms with van der Waals surface area (Å²) < 4.78 is 1.65. The Labute approximate surface area is 110 Å². The van der Waals surface area contributed by atoms with E-state index in [4.69, 9.17) is 0 Å². The SMILES string of the molecule is Cc1nn(C)cc1Nc1nnc(C)c(C)c1C(=O)O. The lowest BCUT2D eigenvalue weighted by Gasteiger charge is -2.10. The van der Waals surface area contributed by atoms with Gasteiger partial charge in [-0.25, -0.2) is 4.79 Å². The third kappa shape index (κ3) is 2.40. The molecule has 2 heterocycles. The van der Waals surface area contributed by atoms with Gasteiger partial charge in [0.15, 0.2) is 5.82 Å². The summed E-state index contributed by atoms with van der Waals surface area (Å²) in [5.74, 6) is -0.800. The highest BCUT2D eigenvalue weighted by Gasteiger charge is 2.18. The normalized spacial score (nSPS) is 10.5. The Bertz CT molecular complexity index is 648. The maximum atomic E-state index is 11.3. The van der Waals surface area contributed by atoms with Gasteiger partial charge in [0, 0.05) is 13.2 Å². The fourth-order valence-corrected chi connectivity index (χ4v) is 1.81. The van der Waals surface area contributed by atoms with Crippen LogP contribution in [0.4, 0.5) is 11.5 Å². The van der Waals surface area contributed by atoms with Crippen LogP contribution >= 0.6 is 0 Å². The van der Waals surface area contributed by atoms with Crippen molar-refractivity contribution in [3.63, 3.8) is 0 Å². The van der Waals surface area contributed by atoms with Crippen LogP contribution in [-0.2, 0) is 7.05 Å². The smallest absolute Gasteiger partial charge is 0.339 e. The van der Waals surface area contributed by atoms with E-state index in [0.29, 0.717) is 16.9 Å². The lowest BCUT2D eigenvalue weighted by Crippen LogP contribution is -2.10. The first-order valence-corrected chi connectivity index (χ1v) is 5.74. The molecule has 0 aliphatic heterocycles. The van der Waals surface area contributed by atoms with E-state index in [2.05, 4.69) is 20.6 Å². The number of hydrogen-bond donors (Lipinski definition) is 2. The van der Waals surface area contributed by atoms with Gasteiger partial charge in [0.25, 0.3) is 0 Å². The van der Waals surface area contributed by atoms with Crippen LogP contribution in [-0.4, -0.2) is 31.1 Å². The van der Waals surface area contributed by atoms with E-state index in [9.17, 15) is 9.90 Å². The van der Waals surface area contributed by atoms with E-state index in [-0.39, 0.29) is 11.4 Å². The van der Waals surface area contributed by atoms with Crippen LogP contribution < -0.4 is 5.32 Å². The second-order valence-corrected chi connectivity index (χ2v) is 4.37. The molecule has 0 amide bonds. The summed E-state index contributed by atoms with van der Waals surface area (Å²) in [6.07, 6.45) is 1.76.